The highest BCUT2D eigenvalue weighted by atomic mass is 16.5. The van der Waals surface area contributed by atoms with Crippen molar-refractivity contribution in [1.82, 2.24) is 4.90 Å². The Morgan fingerprint density at radius 3 is 1.73 bits per heavy atom. The summed E-state index contributed by atoms with van der Waals surface area (Å²) >= 11 is 0. The molecule has 0 N–H and O–H groups in total. The maximum atomic E-state index is 11.0. The van der Waals surface area contributed by atoms with Crippen molar-refractivity contribution < 1.29 is 23.9 Å². The van der Waals surface area contributed by atoms with Gasteiger partial charge in [-0.2, -0.15) is 0 Å². The molecule has 0 atom stereocenters. The molecule has 0 aromatic carbocycles. The SMILES string of the molecule is CCOC(=O)CN(C=O)CC(=O)OCC. The van der Waals surface area contributed by atoms with Gasteiger partial charge in [0.15, 0.2) is 0 Å². The topological polar surface area (TPSA) is 72.9 Å². The molecule has 1 amide bonds. The summed E-state index contributed by atoms with van der Waals surface area (Å²) in [6.45, 7) is 3.32. The Morgan fingerprint density at radius 1 is 1.07 bits per heavy atom. The fraction of sp³-hybridized carbons (Fsp3) is 0.667. The molecule has 86 valence electrons. The van der Waals surface area contributed by atoms with Gasteiger partial charge < -0.3 is 14.4 Å². The highest BCUT2D eigenvalue weighted by Crippen LogP contribution is 1.89. The van der Waals surface area contributed by atoms with Crippen LogP contribution in [0.2, 0.25) is 0 Å². The quantitative estimate of drug-likeness (QED) is 0.427. The predicted octanol–water partition coefficient (Wildman–Crippen LogP) is -0.429. The first-order valence-electron chi connectivity index (χ1n) is 4.64. The Balaban J connectivity index is 3.97. The molecule has 0 aromatic rings. The molecule has 0 saturated heterocycles. The van der Waals surface area contributed by atoms with Crippen LogP contribution in [-0.2, 0) is 23.9 Å². The number of amides is 1. The normalized spacial score (nSPS) is 9.20. The van der Waals surface area contributed by atoms with Crippen molar-refractivity contribution >= 4 is 18.3 Å². The van der Waals surface area contributed by atoms with Gasteiger partial charge in [-0.1, -0.05) is 0 Å². The lowest BCUT2D eigenvalue weighted by Gasteiger charge is -2.14. The molecule has 6 nitrogen and oxygen atoms in total. The van der Waals surface area contributed by atoms with Gasteiger partial charge in [-0.25, -0.2) is 0 Å². The molecule has 0 rings (SSSR count). The first-order chi connectivity index (χ1) is 7.13. The van der Waals surface area contributed by atoms with E-state index in [2.05, 4.69) is 9.47 Å². The van der Waals surface area contributed by atoms with Crippen LogP contribution in [-0.4, -0.2) is 49.6 Å². The summed E-state index contributed by atoms with van der Waals surface area (Å²) in [6.07, 6.45) is 0.411. The zero-order valence-electron chi connectivity index (χ0n) is 8.89. The zero-order valence-corrected chi connectivity index (χ0v) is 8.89. The molecule has 0 heterocycles. The van der Waals surface area contributed by atoms with E-state index in [1.807, 2.05) is 0 Å². The van der Waals surface area contributed by atoms with Crippen molar-refractivity contribution in [3.05, 3.63) is 0 Å². The van der Waals surface area contributed by atoms with E-state index in [-0.39, 0.29) is 26.3 Å². The van der Waals surface area contributed by atoms with Crippen molar-refractivity contribution in [3.63, 3.8) is 0 Å². The van der Waals surface area contributed by atoms with Gasteiger partial charge in [-0.05, 0) is 13.8 Å². The van der Waals surface area contributed by atoms with Crippen molar-refractivity contribution in [3.8, 4) is 0 Å². The largest absolute Gasteiger partial charge is 0.465 e. The summed E-state index contributed by atoms with van der Waals surface area (Å²) < 4.78 is 9.25. The molecule has 6 heteroatoms. The van der Waals surface area contributed by atoms with Gasteiger partial charge in [0.1, 0.15) is 13.1 Å². The third-order valence-corrected chi connectivity index (χ3v) is 1.42. The Kier molecular flexibility index (Phi) is 6.96. The fourth-order valence-corrected chi connectivity index (χ4v) is 0.875. The Hall–Kier alpha value is -1.59. The van der Waals surface area contributed by atoms with Crippen LogP contribution in [0.15, 0.2) is 0 Å². The first-order valence-corrected chi connectivity index (χ1v) is 4.64. The van der Waals surface area contributed by atoms with E-state index in [1.54, 1.807) is 13.8 Å². The summed E-state index contributed by atoms with van der Waals surface area (Å²) in [7, 11) is 0. The van der Waals surface area contributed by atoms with Crippen LogP contribution in [0.25, 0.3) is 0 Å². The summed E-state index contributed by atoms with van der Waals surface area (Å²) in [6, 6.07) is 0. The second-order valence-corrected chi connectivity index (χ2v) is 2.62. The predicted molar refractivity (Wildman–Crippen MR) is 50.9 cm³/mol. The number of carbonyl (C=O) groups is 3. The summed E-state index contributed by atoms with van der Waals surface area (Å²) in [5.74, 6) is -1.09. The number of nitrogens with zero attached hydrogens (tertiary/aromatic N) is 1. The van der Waals surface area contributed by atoms with Gasteiger partial charge in [-0.15, -0.1) is 0 Å². The lowest BCUT2D eigenvalue weighted by Crippen LogP contribution is -2.35. The number of ether oxygens (including phenoxy) is 2. The minimum atomic E-state index is -0.547. The molecule has 15 heavy (non-hydrogen) atoms. The lowest BCUT2D eigenvalue weighted by atomic mass is 10.5. The van der Waals surface area contributed by atoms with E-state index < -0.39 is 11.9 Å². The minimum absolute atomic E-state index is 0.240. The second-order valence-electron chi connectivity index (χ2n) is 2.62. The van der Waals surface area contributed by atoms with Crippen LogP contribution in [0.1, 0.15) is 13.8 Å². The molecule has 0 unspecified atom stereocenters. The standard InChI is InChI=1S/C9H15NO5/c1-3-14-8(12)5-10(7-11)6-9(13)15-4-2/h7H,3-6H2,1-2H3. The molecule has 0 fully saturated rings. The van der Waals surface area contributed by atoms with E-state index in [9.17, 15) is 14.4 Å². The Morgan fingerprint density at radius 2 is 1.47 bits per heavy atom. The lowest BCUT2D eigenvalue weighted by molar-refractivity contribution is -0.150. The average molecular weight is 217 g/mol. The average Bonchev–Trinajstić information content (AvgIpc) is 2.17. The summed E-state index contributed by atoms with van der Waals surface area (Å²) in [5, 5.41) is 0. The van der Waals surface area contributed by atoms with Gasteiger partial charge in [0.2, 0.25) is 6.41 Å². The monoisotopic (exact) mass is 217 g/mol. The van der Waals surface area contributed by atoms with Crippen molar-refractivity contribution in [2.24, 2.45) is 0 Å². The van der Waals surface area contributed by atoms with E-state index in [1.165, 1.54) is 0 Å². The Bertz CT molecular complexity index is 209. The smallest absolute Gasteiger partial charge is 0.325 e. The maximum absolute atomic E-state index is 11.0. The van der Waals surface area contributed by atoms with Crippen LogP contribution < -0.4 is 0 Å². The molecular weight excluding hydrogens is 202 g/mol. The van der Waals surface area contributed by atoms with Gasteiger partial charge in [0, 0.05) is 0 Å². The third kappa shape index (κ3) is 6.48. The molecule has 0 aliphatic heterocycles. The highest BCUT2D eigenvalue weighted by Gasteiger charge is 2.13. The molecule has 0 spiro atoms. The minimum Gasteiger partial charge on any atom is -0.465 e. The molecule has 0 saturated carbocycles. The first kappa shape index (κ1) is 13.4. The van der Waals surface area contributed by atoms with Crippen LogP contribution in [0.3, 0.4) is 0 Å². The highest BCUT2D eigenvalue weighted by molar-refractivity contribution is 5.78. The van der Waals surface area contributed by atoms with Crippen molar-refractivity contribution in [2.45, 2.75) is 13.8 Å². The molecule has 0 aromatic heterocycles. The van der Waals surface area contributed by atoms with Gasteiger partial charge in [0.05, 0.1) is 13.2 Å². The summed E-state index contributed by atoms with van der Waals surface area (Å²) in [5.41, 5.74) is 0. The maximum Gasteiger partial charge on any atom is 0.325 e. The number of esters is 2. The van der Waals surface area contributed by atoms with Crippen LogP contribution in [0.4, 0.5) is 0 Å². The molecule has 0 bridgehead atoms. The zero-order chi connectivity index (χ0) is 11.7. The molecule has 0 aliphatic rings. The van der Waals surface area contributed by atoms with E-state index in [0.717, 1.165) is 4.90 Å². The molecular formula is C9H15NO5. The fourth-order valence-electron chi connectivity index (χ4n) is 0.875. The van der Waals surface area contributed by atoms with Gasteiger partial charge >= 0.3 is 11.9 Å². The number of rotatable bonds is 7. The van der Waals surface area contributed by atoms with Crippen LogP contribution in [0, 0.1) is 0 Å². The molecule has 0 aliphatic carbocycles. The number of hydrogen-bond donors (Lipinski definition) is 0. The van der Waals surface area contributed by atoms with E-state index >= 15 is 0 Å². The second kappa shape index (κ2) is 7.78. The van der Waals surface area contributed by atoms with E-state index in [0.29, 0.717) is 6.41 Å². The van der Waals surface area contributed by atoms with Gasteiger partial charge in [-0.3, -0.25) is 14.4 Å². The van der Waals surface area contributed by atoms with Crippen molar-refractivity contribution in [1.29, 1.82) is 0 Å². The Labute approximate surface area is 88.1 Å². The van der Waals surface area contributed by atoms with E-state index in [4.69, 9.17) is 0 Å². The molecule has 0 radical (unpaired) electrons. The van der Waals surface area contributed by atoms with Crippen LogP contribution >= 0.6 is 0 Å². The summed E-state index contributed by atoms with van der Waals surface area (Å²) in [4.78, 5) is 33.4. The van der Waals surface area contributed by atoms with Crippen molar-refractivity contribution in [2.75, 3.05) is 26.3 Å². The van der Waals surface area contributed by atoms with Crippen LogP contribution in [0.5, 0.6) is 0 Å². The number of carbonyl (C=O) groups excluding carboxylic acids is 3. The van der Waals surface area contributed by atoms with Gasteiger partial charge in [0.25, 0.3) is 0 Å². The third-order valence-electron chi connectivity index (χ3n) is 1.42. The number of hydrogen-bond acceptors (Lipinski definition) is 5.